The lowest BCUT2D eigenvalue weighted by Gasteiger charge is -2.15. The van der Waals surface area contributed by atoms with Gasteiger partial charge in [0.25, 0.3) is 0 Å². The molecule has 4 N–H and O–H groups in total. The first kappa shape index (κ1) is 24.6. The van der Waals surface area contributed by atoms with Crippen molar-refractivity contribution in [2.75, 3.05) is 19.8 Å². The van der Waals surface area contributed by atoms with E-state index in [1.807, 2.05) is 0 Å². The van der Waals surface area contributed by atoms with E-state index in [1.54, 1.807) is 0 Å². The van der Waals surface area contributed by atoms with Gasteiger partial charge in [-0.2, -0.15) is 0 Å². The molecular formula is C22H45NO2. The summed E-state index contributed by atoms with van der Waals surface area (Å²) in [4.78, 5) is 0. The lowest BCUT2D eigenvalue weighted by atomic mass is 9.92. The van der Waals surface area contributed by atoms with Crippen molar-refractivity contribution < 1.29 is 10.2 Å². The molecule has 0 saturated heterocycles. The third-order valence-corrected chi connectivity index (χ3v) is 5.09. The van der Waals surface area contributed by atoms with Gasteiger partial charge in [0, 0.05) is 13.2 Å². The molecule has 0 aliphatic heterocycles. The van der Waals surface area contributed by atoms with E-state index < -0.39 is 0 Å². The van der Waals surface area contributed by atoms with Gasteiger partial charge in [0.15, 0.2) is 0 Å². The zero-order valence-electron chi connectivity index (χ0n) is 16.9. The minimum atomic E-state index is 0.233. The van der Waals surface area contributed by atoms with Crippen molar-refractivity contribution in [3.8, 4) is 0 Å². The molecule has 0 fully saturated rings. The van der Waals surface area contributed by atoms with Crippen molar-refractivity contribution >= 4 is 0 Å². The van der Waals surface area contributed by atoms with Gasteiger partial charge in [0.05, 0.1) is 0 Å². The Balaban J connectivity index is 4.22. The van der Waals surface area contributed by atoms with Gasteiger partial charge in [0.1, 0.15) is 0 Å². The highest BCUT2D eigenvalue weighted by molar-refractivity contribution is 5.15. The summed E-state index contributed by atoms with van der Waals surface area (Å²) in [6, 6.07) is 0. The first-order chi connectivity index (χ1) is 12.3. The van der Waals surface area contributed by atoms with E-state index in [2.05, 4.69) is 6.92 Å². The maximum atomic E-state index is 9.41. The molecule has 0 aromatic rings. The summed E-state index contributed by atoms with van der Waals surface area (Å²) in [5.41, 5.74) is 8.38. The van der Waals surface area contributed by atoms with Crippen LogP contribution in [0.3, 0.4) is 0 Å². The molecule has 0 unspecified atom stereocenters. The Morgan fingerprint density at radius 2 is 0.960 bits per heavy atom. The second-order valence-electron chi connectivity index (χ2n) is 7.33. The third-order valence-electron chi connectivity index (χ3n) is 5.09. The number of unbranched alkanes of at least 4 members (excludes halogenated alkanes) is 10. The summed E-state index contributed by atoms with van der Waals surface area (Å²) in [6.45, 7) is 3.53. The Kier molecular flexibility index (Phi) is 19.6. The van der Waals surface area contributed by atoms with Crippen molar-refractivity contribution in [2.45, 2.75) is 110 Å². The van der Waals surface area contributed by atoms with Crippen LogP contribution in [0.25, 0.3) is 0 Å². The van der Waals surface area contributed by atoms with E-state index in [-0.39, 0.29) is 13.2 Å². The van der Waals surface area contributed by atoms with Gasteiger partial charge in [-0.05, 0) is 51.5 Å². The molecule has 0 spiro atoms. The third kappa shape index (κ3) is 15.6. The summed E-state index contributed by atoms with van der Waals surface area (Å²) in [7, 11) is 0. The van der Waals surface area contributed by atoms with E-state index in [0.29, 0.717) is 0 Å². The minimum Gasteiger partial charge on any atom is -0.396 e. The summed E-state index contributed by atoms with van der Waals surface area (Å²) in [5.74, 6) is 0. The minimum absolute atomic E-state index is 0.233. The average molecular weight is 356 g/mol. The Bertz CT molecular complexity index is 302. The van der Waals surface area contributed by atoms with E-state index in [1.165, 1.54) is 81.8 Å². The van der Waals surface area contributed by atoms with Crippen molar-refractivity contribution in [3.63, 3.8) is 0 Å². The summed E-state index contributed by atoms with van der Waals surface area (Å²) < 4.78 is 0. The Labute approximate surface area is 157 Å². The van der Waals surface area contributed by atoms with Crippen LogP contribution in [0.15, 0.2) is 11.1 Å². The summed E-state index contributed by atoms with van der Waals surface area (Å²) in [6.07, 6.45) is 19.1. The number of rotatable bonds is 19. The van der Waals surface area contributed by atoms with E-state index in [9.17, 15) is 10.2 Å². The van der Waals surface area contributed by atoms with Crippen LogP contribution in [0, 0.1) is 0 Å². The predicted molar refractivity (Wildman–Crippen MR) is 110 cm³/mol. The number of aliphatic hydroxyl groups excluding tert-OH is 2. The smallest absolute Gasteiger partial charge is 0.0468 e. The van der Waals surface area contributed by atoms with Crippen LogP contribution in [0.4, 0.5) is 0 Å². The first-order valence-electron chi connectivity index (χ1n) is 10.9. The maximum absolute atomic E-state index is 9.41. The molecule has 0 aromatic carbocycles. The van der Waals surface area contributed by atoms with Crippen molar-refractivity contribution in [2.24, 2.45) is 5.73 Å². The average Bonchev–Trinajstić information content (AvgIpc) is 2.62. The quantitative estimate of drug-likeness (QED) is 0.212. The van der Waals surface area contributed by atoms with Crippen LogP contribution in [0.5, 0.6) is 0 Å². The standard InChI is InChI=1S/C22H45NO2/c1-2-3-4-5-8-11-14-21(16-19-24)22(17-20-25)15-12-9-6-7-10-13-18-23/h24-25H,2-20,23H2,1H3. The Hall–Kier alpha value is -0.380. The van der Waals surface area contributed by atoms with Gasteiger partial charge in [-0.15, -0.1) is 0 Å². The second kappa shape index (κ2) is 19.9. The normalized spacial score (nSPS) is 12.5. The fourth-order valence-corrected chi connectivity index (χ4v) is 3.54. The van der Waals surface area contributed by atoms with Gasteiger partial charge in [-0.1, -0.05) is 75.9 Å². The molecule has 3 nitrogen and oxygen atoms in total. The fraction of sp³-hybridized carbons (Fsp3) is 0.909. The highest BCUT2D eigenvalue weighted by Gasteiger charge is 2.07. The van der Waals surface area contributed by atoms with Gasteiger partial charge < -0.3 is 15.9 Å². The number of aliphatic hydroxyl groups is 2. The summed E-state index contributed by atoms with van der Waals surface area (Å²) >= 11 is 0. The maximum Gasteiger partial charge on any atom is 0.0468 e. The van der Waals surface area contributed by atoms with Crippen LogP contribution in [0.1, 0.15) is 110 Å². The van der Waals surface area contributed by atoms with Gasteiger partial charge in [-0.25, -0.2) is 0 Å². The molecule has 0 radical (unpaired) electrons. The number of hydrogen-bond acceptors (Lipinski definition) is 3. The molecular weight excluding hydrogens is 310 g/mol. The SMILES string of the molecule is CCCCCCCCC(CCO)=C(CCO)CCCCCCCCN. The number of hydrogen-bond donors (Lipinski definition) is 3. The van der Waals surface area contributed by atoms with Gasteiger partial charge in [0.2, 0.25) is 0 Å². The van der Waals surface area contributed by atoms with Crippen molar-refractivity contribution in [1.29, 1.82) is 0 Å². The van der Waals surface area contributed by atoms with Crippen LogP contribution >= 0.6 is 0 Å². The van der Waals surface area contributed by atoms with Crippen molar-refractivity contribution in [3.05, 3.63) is 11.1 Å². The Morgan fingerprint density at radius 3 is 1.36 bits per heavy atom. The van der Waals surface area contributed by atoms with E-state index in [0.717, 1.165) is 38.6 Å². The highest BCUT2D eigenvalue weighted by Crippen LogP contribution is 2.24. The number of nitrogens with two attached hydrogens (primary N) is 1. The van der Waals surface area contributed by atoms with E-state index in [4.69, 9.17) is 5.73 Å². The molecule has 0 amide bonds. The molecule has 0 rings (SSSR count). The zero-order valence-corrected chi connectivity index (χ0v) is 16.9. The molecule has 0 atom stereocenters. The molecule has 3 heteroatoms. The Morgan fingerprint density at radius 1 is 0.560 bits per heavy atom. The topological polar surface area (TPSA) is 66.5 Å². The monoisotopic (exact) mass is 355 g/mol. The first-order valence-corrected chi connectivity index (χ1v) is 10.9. The summed E-state index contributed by atoms with van der Waals surface area (Å²) in [5, 5.41) is 18.8. The van der Waals surface area contributed by atoms with Crippen LogP contribution < -0.4 is 5.73 Å². The molecule has 150 valence electrons. The predicted octanol–water partition coefficient (Wildman–Crippen LogP) is 5.49. The molecule has 0 aliphatic carbocycles. The zero-order chi connectivity index (χ0) is 18.6. The lowest BCUT2D eigenvalue weighted by Crippen LogP contribution is -2.00. The fourth-order valence-electron chi connectivity index (χ4n) is 3.54. The molecule has 0 aliphatic rings. The molecule has 0 heterocycles. The van der Waals surface area contributed by atoms with E-state index >= 15 is 0 Å². The second-order valence-corrected chi connectivity index (χ2v) is 7.33. The van der Waals surface area contributed by atoms with Crippen LogP contribution in [0.2, 0.25) is 0 Å². The molecule has 0 saturated carbocycles. The highest BCUT2D eigenvalue weighted by atomic mass is 16.3. The molecule has 0 bridgehead atoms. The van der Waals surface area contributed by atoms with Crippen molar-refractivity contribution in [1.82, 2.24) is 0 Å². The molecule has 0 aromatic heterocycles. The van der Waals surface area contributed by atoms with Crippen LogP contribution in [-0.2, 0) is 0 Å². The van der Waals surface area contributed by atoms with Crippen LogP contribution in [-0.4, -0.2) is 30.0 Å². The largest absolute Gasteiger partial charge is 0.396 e. The lowest BCUT2D eigenvalue weighted by molar-refractivity contribution is 0.289. The van der Waals surface area contributed by atoms with Gasteiger partial charge in [-0.3, -0.25) is 0 Å². The molecule has 25 heavy (non-hydrogen) atoms. The van der Waals surface area contributed by atoms with Gasteiger partial charge >= 0.3 is 0 Å².